The van der Waals surface area contributed by atoms with Crippen molar-refractivity contribution in [2.45, 2.75) is 0 Å². The number of para-hydroxylation sites is 1. The van der Waals surface area contributed by atoms with Crippen LogP contribution in [0.5, 0.6) is 0 Å². The van der Waals surface area contributed by atoms with Crippen LogP contribution in [0.4, 0.5) is 16.0 Å². The molecule has 5 nitrogen and oxygen atoms in total. The highest BCUT2D eigenvalue weighted by Crippen LogP contribution is 2.19. The number of rotatable bonds is 4. The molecule has 2 rings (SSSR count). The standard InChI is InChI=1S/C16H14FN3O2/c1-20(2)15-8-7-12(22-15)9-11(10-18)16(21)19-14-6-4-3-5-13(14)17/h3-9H,1-2H3,(H,19,21)/b11-9-. The Morgan fingerprint density at radius 2 is 2.05 bits per heavy atom. The molecule has 1 aromatic heterocycles. The summed E-state index contributed by atoms with van der Waals surface area (Å²) in [7, 11) is 3.62. The molecule has 0 unspecified atom stereocenters. The van der Waals surface area contributed by atoms with Crippen LogP contribution in [0.25, 0.3) is 6.08 Å². The molecule has 0 aliphatic rings. The molecule has 1 heterocycles. The van der Waals surface area contributed by atoms with Gasteiger partial charge in [-0.3, -0.25) is 4.79 Å². The predicted octanol–water partition coefficient (Wildman–Crippen LogP) is 3.03. The van der Waals surface area contributed by atoms with Gasteiger partial charge in [0.05, 0.1) is 5.69 Å². The first-order valence-corrected chi connectivity index (χ1v) is 6.46. The lowest BCUT2D eigenvalue weighted by Gasteiger charge is -2.06. The summed E-state index contributed by atoms with van der Waals surface area (Å²) in [4.78, 5) is 13.8. The van der Waals surface area contributed by atoms with Crippen LogP contribution in [0.2, 0.25) is 0 Å². The van der Waals surface area contributed by atoms with Gasteiger partial charge in [0.25, 0.3) is 5.91 Å². The lowest BCUT2D eigenvalue weighted by molar-refractivity contribution is -0.112. The second kappa shape index (κ2) is 6.59. The van der Waals surface area contributed by atoms with Crippen LogP contribution in [0.1, 0.15) is 5.76 Å². The molecule has 0 aliphatic carbocycles. The molecule has 0 atom stereocenters. The summed E-state index contributed by atoms with van der Waals surface area (Å²) >= 11 is 0. The smallest absolute Gasteiger partial charge is 0.266 e. The number of amides is 1. The van der Waals surface area contributed by atoms with Crippen LogP contribution >= 0.6 is 0 Å². The Bertz CT molecular complexity index is 757. The maximum absolute atomic E-state index is 13.5. The van der Waals surface area contributed by atoms with Crippen molar-refractivity contribution < 1.29 is 13.6 Å². The van der Waals surface area contributed by atoms with E-state index in [4.69, 9.17) is 9.68 Å². The Morgan fingerprint density at radius 3 is 2.64 bits per heavy atom. The molecule has 0 saturated carbocycles. The predicted molar refractivity (Wildman–Crippen MR) is 81.7 cm³/mol. The second-order valence-electron chi connectivity index (χ2n) is 4.67. The third-order valence-electron chi connectivity index (χ3n) is 2.83. The molecule has 22 heavy (non-hydrogen) atoms. The van der Waals surface area contributed by atoms with E-state index >= 15 is 0 Å². The number of carbonyl (C=O) groups is 1. The normalized spacial score (nSPS) is 10.9. The van der Waals surface area contributed by atoms with Crippen molar-refractivity contribution in [3.05, 3.63) is 53.5 Å². The molecule has 2 aromatic rings. The zero-order valence-electron chi connectivity index (χ0n) is 12.1. The van der Waals surface area contributed by atoms with Crippen molar-refractivity contribution in [3.63, 3.8) is 0 Å². The van der Waals surface area contributed by atoms with E-state index in [9.17, 15) is 9.18 Å². The molecular formula is C16H14FN3O2. The van der Waals surface area contributed by atoms with Crippen LogP contribution in [0.15, 0.2) is 46.4 Å². The molecule has 1 aromatic carbocycles. The monoisotopic (exact) mass is 299 g/mol. The van der Waals surface area contributed by atoms with Crippen LogP contribution in [0, 0.1) is 17.1 Å². The number of anilines is 2. The molecule has 0 radical (unpaired) electrons. The van der Waals surface area contributed by atoms with Gasteiger partial charge >= 0.3 is 0 Å². The summed E-state index contributed by atoms with van der Waals surface area (Å²) in [6, 6.07) is 10.9. The minimum atomic E-state index is -0.699. The van der Waals surface area contributed by atoms with E-state index in [0.29, 0.717) is 11.6 Å². The van der Waals surface area contributed by atoms with Gasteiger partial charge < -0.3 is 14.6 Å². The summed E-state index contributed by atoms with van der Waals surface area (Å²) < 4.78 is 18.9. The van der Waals surface area contributed by atoms with Gasteiger partial charge in [-0.2, -0.15) is 5.26 Å². The fourth-order valence-electron chi connectivity index (χ4n) is 1.70. The summed E-state index contributed by atoms with van der Waals surface area (Å²) in [6.07, 6.45) is 1.31. The maximum atomic E-state index is 13.5. The van der Waals surface area contributed by atoms with Crippen LogP contribution in [0.3, 0.4) is 0 Å². The second-order valence-corrected chi connectivity index (χ2v) is 4.67. The van der Waals surface area contributed by atoms with E-state index in [1.165, 1.54) is 24.3 Å². The van der Waals surface area contributed by atoms with Gasteiger partial charge in [-0.15, -0.1) is 0 Å². The highest BCUT2D eigenvalue weighted by Gasteiger charge is 2.13. The number of nitrogens with zero attached hydrogens (tertiary/aromatic N) is 2. The van der Waals surface area contributed by atoms with Gasteiger partial charge in [0.1, 0.15) is 23.2 Å². The molecule has 0 fully saturated rings. The van der Waals surface area contributed by atoms with Gasteiger partial charge in [0, 0.05) is 26.2 Å². The average Bonchev–Trinajstić information content (AvgIpc) is 2.96. The number of hydrogen-bond acceptors (Lipinski definition) is 4. The fourth-order valence-corrected chi connectivity index (χ4v) is 1.70. The van der Waals surface area contributed by atoms with Gasteiger partial charge in [-0.25, -0.2) is 4.39 Å². The summed E-state index contributed by atoms with van der Waals surface area (Å²) in [5.41, 5.74) is -0.162. The Labute approximate surface area is 127 Å². The van der Waals surface area contributed by atoms with Crippen molar-refractivity contribution in [2.75, 3.05) is 24.3 Å². The largest absolute Gasteiger partial charge is 0.441 e. The molecule has 0 spiro atoms. The van der Waals surface area contributed by atoms with E-state index in [1.54, 1.807) is 29.2 Å². The molecular weight excluding hydrogens is 285 g/mol. The first kappa shape index (κ1) is 15.3. The van der Waals surface area contributed by atoms with Gasteiger partial charge in [0.2, 0.25) is 0 Å². The van der Waals surface area contributed by atoms with Crippen molar-refractivity contribution in [1.82, 2.24) is 0 Å². The molecule has 6 heteroatoms. The molecule has 1 amide bonds. The van der Waals surface area contributed by atoms with Crippen molar-refractivity contribution in [2.24, 2.45) is 0 Å². The number of benzene rings is 1. The minimum absolute atomic E-state index is 0.0158. The Morgan fingerprint density at radius 1 is 1.32 bits per heavy atom. The average molecular weight is 299 g/mol. The number of nitrogens with one attached hydrogen (secondary N) is 1. The van der Waals surface area contributed by atoms with E-state index < -0.39 is 11.7 Å². The number of nitriles is 1. The Balaban J connectivity index is 2.20. The zero-order chi connectivity index (χ0) is 16.1. The first-order valence-electron chi connectivity index (χ1n) is 6.46. The van der Waals surface area contributed by atoms with E-state index in [2.05, 4.69) is 5.32 Å². The first-order chi connectivity index (χ1) is 10.5. The molecule has 112 valence electrons. The van der Waals surface area contributed by atoms with Gasteiger partial charge in [-0.05, 0) is 18.2 Å². The van der Waals surface area contributed by atoms with Crippen LogP contribution in [-0.4, -0.2) is 20.0 Å². The maximum Gasteiger partial charge on any atom is 0.266 e. The van der Waals surface area contributed by atoms with Crippen molar-refractivity contribution >= 4 is 23.6 Å². The summed E-state index contributed by atoms with van der Waals surface area (Å²) in [6.45, 7) is 0. The highest BCUT2D eigenvalue weighted by atomic mass is 19.1. The van der Waals surface area contributed by atoms with E-state index in [-0.39, 0.29) is 11.3 Å². The summed E-state index contributed by atoms with van der Waals surface area (Å²) in [5, 5.41) is 11.5. The number of hydrogen-bond donors (Lipinski definition) is 1. The van der Waals surface area contributed by atoms with Crippen molar-refractivity contribution in [3.8, 4) is 6.07 Å². The molecule has 0 aliphatic heterocycles. The lowest BCUT2D eigenvalue weighted by atomic mass is 10.2. The number of furan rings is 1. The topological polar surface area (TPSA) is 69.3 Å². The molecule has 0 bridgehead atoms. The fraction of sp³-hybridized carbons (Fsp3) is 0.125. The third kappa shape index (κ3) is 3.52. The quantitative estimate of drug-likeness (QED) is 0.696. The number of carbonyl (C=O) groups excluding carboxylic acids is 1. The van der Waals surface area contributed by atoms with Gasteiger partial charge in [0.15, 0.2) is 5.88 Å². The highest BCUT2D eigenvalue weighted by molar-refractivity contribution is 6.09. The third-order valence-corrected chi connectivity index (χ3v) is 2.83. The van der Waals surface area contributed by atoms with Crippen molar-refractivity contribution in [1.29, 1.82) is 5.26 Å². The molecule has 1 N–H and O–H groups in total. The SMILES string of the molecule is CN(C)c1ccc(/C=C(/C#N)C(=O)Nc2ccccc2F)o1. The van der Waals surface area contributed by atoms with Crippen LogP contribution in [-0.2, 0) is 4.79 Å². The van der Waals surface area contributed by atoms with Crippen LogP contribution < -0.4 is 10.2 Å². The van der Waals surface area contributed by atoms with Gasteiger partial charge in [-0.1, -0.05) is 12.1 Å². The zero-order valence-corrected chi connectivity index (χ0v) is 12.1. The number of halogens is 1. The van der Waals surface area contributed by atoms with E-state index in [1.807, 2.05) is 14.1 Å². The Kier molecular flexibility index (Phi) is 4.59. The lowest BCUT2D eigenvalue weighted by Crippen LogP contribution is -2.14. The minimum Gasteiger partial charge on any atom is -0.441 e. The summed E-state index contributed by atoms with van der Waals surface area (Å²) in [5.74, 6) is -0.307. The molecule has 0 saturated heterocycles. The Hall–Kier alpha value is -3.07. The van der Waals surface area contributed by atoms with E-state index in [0.717, 1.165) is 0 Å².